The summed E-state index contributed by atoms with van der Waals surface area (Å²) in [5.41, 5.74) is 2.14. The molecule has 0 aliphatic carbocycles. The van der Waals surface area contributed by atoms with Crippen LogP contribution in [-0.4, -0.2) is 80.5 Å². The first-order chi connectivity index (χ1) is 12.7. The minimum absolute atomic E-state index is 0. The Bertz CT molecular complexity index is 568. The van der Waals surface area contributed by atoms with Gasteiger partial charge in [0.2, 0.25) is 0 Å². The fraction of sp³-hybridized carbons (Fsp3) is 0.667. The number of halogens is 2. The molecule has 3 rings (SSSR count). The average Bonchev–Trinajstić information content (AvgIpc) is 2.68. The van der Waals surface area contributed by atoms with Gasteiger partial charge in [0.15, 0.2) is 0 Å². The zero-order valence-corrected chi connectivity index (χ0v) is 18.9. The number of carbonyl (C=O) groups is 1. The van der Waals surface area contributed by atoms with E-state index >= 15 is 0 Å². The topological polar surface area (TPSA) is 38.8 Å². The van der Waals surface area contributed by atoms with E-state index in [1.54, 1.807) is 0 Å². The molecular formula is C21H36Cl2N4O. The summed E-state index contributed by atoms with van der Waals surface area (Å²) in [6, 6.07) is 8.29. The SMILES string of the molecule is CNCCC1CCN(C(=O)c2ccc(CN3CCN(C)CC3)cc2)CC1.Cl.Cl. The highest BCUT2D eigenvalue weighted by molar-refractivity contribution is 5.94. The number of carbonyl (C=O) groups excluding carboxylic acids is 1. The highest BCUT2D eigenvalue weighted by Gasteiger charge is 2.23. The molecule has 0 spiro atoms. The van der Waals surface area contributed by atoms with Crippen LogP contribution in [0.25, 0.3) is 0 Å². The van der Waals surface area contributed by atoms with E-state index in [0.717, 1.165) is 76.7 Å². The van der Waals surface area contributed by atoms with Crippen LogP contribution in [0.4, 0.5) is 0 Å². The Morgan fingerprint density at radius 1 is 1.00 bits per heavy atom. The minimum atomic E-state index is 0. The number of benzene rings is 1. The molecule has 1 aromatic rings. The summed E-state index contributed by atoms with van der Waals surface area (Å²) in [6.45, 7) is 8.39. The smallest absolute Gasteiger partial charge is 0.253 e. The second-order valence-electron chi connectivity index (χ2n) is 7.90. The van der Waals surface area contributed by atoms with E-state index in [9.17, 15) is 4.79 Å². The van der Waals surface area contributed by atoms with Crippen LogP contribution in [0.1, 0.15) is 35.2 Å². The highest BCUT2D eigenvalue weighted by Crippen LogP contribution is 2.21. The van der Waals surface area contributed by atoms with Gasteiger partial charge in [0.25, 0.3) is 5.91 Å². The lowest BCUT2D eigenvalue weighted by Gasteiger charge is -2.33. The molecule has 2 saturated heterocycles. The number of likely N-dealkylation sites (tertiary alicyclic amines) is 1. The number of amides is 1. The monoisotopic (exact) mass is 430 g/mol. The average molecular weight is 431 g/mol. The number of likely N-dealkylation sites (N-methyl/N-ethyl adjacent to an activating group) is 1. The quantitative estimate of drug-likeness (QED) is 0.752. The summed E-state index contributed by atoms with van der Waals surface area (Å²) in [6.07, 6.45) is 3.49. The van der Waals surface area contributed by atoms with Gasteiger partial charge in [-0.25, -0.2) is 0 Å². The van der Waals surface area contributed by atoms with Crippen LogP contribution in [-0.2, 0) is 6.54 Å². The van der Waals surface area contributed by atoms with E-state index < -0.39 is 0 Å². The first-order valence-electron chi connectivity index (χ1n) is 10.1. The van der Waals surface area contributed by atoms with Gasteiger partial charge < -0.3 is 15.1 Å². The van der Waals surface area contributed by atoms with Crippen molar-refractivity contribution in [1.29, 1.82) is 0 Å². The molecule has 7 heteroatoms. The van der Waals surface area contributed by atoms with Gasteiger partial charge in [-0.1, -0.05) is 12.1 Å². The Balaban J connectivity index is 0.00000196. The van der Waals surface area contributed by atoms with Gasteiger partial charge in [-0.05, 0) is 63.5 Å². The maximum atomic E-state index is 12.8. The number of nitrogens with one attached hydrogen (secondary N) is 1. The van der Waals surface area contributed by atoms with Gasteiger partial charge in [-0.15, -0.1) is 24.8 Å². The van der Waals surface area contributed by atoms with Gasteiger partial charge in [0.1, 0.15) is 0 Å². The number of hydrogen-bond donors (Lipinski definition) is 1. The summed E-state index contributed by atoms with van der Waals surface area (Å²) in [7, 11) is 4.19. The van der Waals surface area contributed by atoms with E-state index in [4.69, 9.17) is 0 Å². The van der Waals surface area contributed by atoms with Crippen molar-refractivity contribution in [2.45, 2.75) is 25.8 Å². The van der Waals surface area contributed by atoms with Crippen LogP contribution in [0.5, 0.6) is 0 Å². The van der Waals surface area contributed by atoms with Gasteiger partial charge >= 0.3 is 0 Å². The fourth-order valence-corrected chi connectivity index (χ4v) is 3.97. The Labute approximate surface area is 182 Å². The van der Waals surface area contributed by atoms with Crippen LogP contribution in [0.2, 0.25) is 0 Å². The minimum Gasteiger partial charge on any atom is -0.339 e. The summed E-state index contributed by atoms with van der Waals surface area (Å²) in [5.74, 6) is 0.959. The lowest BCUT2D eigenvalue weighted by Crippen LogP contribution is -2.43. The van der Waals surface area contributed by atoms with E-state index in [-0.39, 0.29) is 30.7 Å². The van der Waals surface area contributed by atoms with Crippen molar-refractivity contribution < 1.29 is 4.79 Å². The third-order valence-corrected chi connectivity index (χ3v) is 5.91. The van der Waals surface area contributed by atoms with Crippen molar-refractivity contribution in [2.24, 2.45) is 5.92 Å². The number of rotatable bonds is 6. The molecule has 2 aliphatic rings. The van der Waals surface area contributed by atoms with Crippen LogP contribution in [0.3, 0.4) is 0 Å². The van der Waals surface area contributed by atoms with Gasteiger partial charge in [0, 0.05) is 51.4 Å². The molecule has 0 unspecified atom stereocenters. The summed E-state index contributed by atoms with van der Waals surface area (Å²) < 4.78 is 0. The highest BCUT2D eigenvalue weighted by atomic mass is 35.5. The van der Waals surface area contributed by atoms with E-state index in [1.807, 2.05) is 24.1 Å². The standard InChI is InChI=1S/C21H34N4O.2ClH/c1-22-10-7-18-8-11-25(12-9-18)21(26)20-5-3-19(4-6-20)17-24-15-13-23(2)14-16-24;;/h3-6,18,22H,7-17H2,1-2H3;2*1H. The van der Waals surface area contributed by atoms with Crippen molar-refractivity contribution in [1.82, 2.24) is 20.0 Å². The van der Waals surface area contributed by atoms with Crippen LogP contribution >= 0.6 is 24.8 Å². The van der Waals surface area contributed by atoms with E-state index in [0.29, 0.717) is 0 Å². The fourth-order valence-electron chi connectivity index (χ4n) is 3.97. The van der Waals surface area contributed by atoms with Crippen molar-refractivity contribution in [3.63, 3.8) is 0 Å². The Hall–Kier alpha value is -0.850. The summed E-state index contributed by atoms with van der Waals surface area (Å²) in [5, 5.41) is 3.23. The van der Waals surface area contributed by atoms with Crippen molar-refractivity contribution in [3.8, 4) is 0 Å². The number of hydrogen-bond acceptors (Lipinski definition) is 4. The molecule has 0 aromatic heterocycles. The Kier molecular flexibility index (Phi) is 11.4. The molecule has 5 nitrogen and oxygen atoms in total. The molecule has 0 atom stereocenters. The Morgan fingerprint density at radius 2 is 1.61 bits per heavy atom. The molecule has 2 aliphatic heterocycles. The lowest BCUT2D eigenvalue weighted by atomic mass is 9.93. The van der Waals surface area contributed by atoms with Gasteiger partial charge in [-0.3, -0.25) is 9.69 Å². The van der Waals surface area contributed by atoms with Gasteiger partial charge in [-0.2, -0.15) is 0 Å². The van der Waals surface area contributed by atoms with Crippen molar-refractivity contribution in [3.05, 3.63) is 35.4 Å². The molecule has 1 aromatic carbocycles. The molecule has 0 bridgehead atoms. The van der Waals surface area contributed by atoms with Crippen molar-refractivity contribution in [2.75, 3.05) is 59.9 Å². The lowest BCUT2D eigenvalue weighted by molar-refractivity contribution is 0.0687. The van der Waals surface area contributed by atoms with Crippen LogP contribution < -0.4 is 5.32 Å². The molecule has 2 fully saturated rings. The van der Waals surface area contributed by atoms with E-state index in [2.05, 4.69) is 34.3 Å². The van der Waals surface area contributed by atoms with Crippen molar-refractivity contribution >= 4 is 30.7 Å². The molecule has 0 saturated carbocycles. The first-order valence-corrected chi connectivity index (χ1v) is 10.1. The maximum Gasteiger partial charge on any atom is 0.253 e. The second kappa shape index (κ2) is 12.7. The normalized spacial score (nSPS) is 19.0. The summed E-state index contributed by atoms with van der Waals surface area (Å²) in [4.78, 5) is 19.7. The molecule has 2 heterocycles. The first kappa shape index (κ1) is 25.2. The predicted octanol–water partition coefficient (Wildman–Crippen LogP) is 2.74. The Morgan fingerprint density at radius 3 is 2.18 bits per heavy atom. The van der Waals surface area contributed by atoms with Crippen LogP contribution in [0, 0.1) is 5.92 Å². The van der Waals surface area contributed by atoms with Crippen LogP contribution in [0.15, 0.2) is 24.3 Å². The van der Waals surface area contributed by atoms with E-state index in [1.165, 1.54) is 12.0 Å². The molecule has 160 valence electrons. The maximum absolute atomic E-state index is 12.8. The molecule has 28 heavy (non-hydrogen) atoms. The molecule has 0 radical (unpaired) electrons. The number of piperidine rings is 1. The molecule has 1 N–H and O–H groups in total. The third-order valence-electron chi connectivity index (χ3n) is 5.91. The number of piperazine rings is 1. The van der Waals surface area contributed by atoms with Gasteiger partial charge in [0.05, 0.1) is 0 Å². The zero-order chi connectivity index (χ0) is 18.4. The summed E-state index contributed by atoms with van der Waals surface area (Å²) >= 11 is 0. The number of nitrogens with zero attached hydrogens (tertiary/aromatic N) is 3. The zero-order valence-electron chi connectivity index (χ0n) is 17.2. The predicted molar refractivity (Wildman–Crippen MR) is 121 cm³/mol. The third kappa shape index (κ3) is 7.20. The molecule has 1 amide bonds. The second-order valence-corrected chi connectivity index (χ2v) is 7.90. The molecular weight excluding hydrogens is 395 g/mol. The largest absolute Gasteiger partial charge is 0.339 e.